The number of ether oxygens (including phenoxy) is 2. The first-order valence-corrected chi connectivity index (χ1v) is 31.2. The number of hydrogen-bond acceptors (Lipinski definition) is 8. The lowest BCUT2D eigenvalue weighted by Gasteiger charge is -2.40. The van der Waals surface area contributed by atoms with Gasteiger partial charge in [0.2, 0.25) is 5.91 Å². The van der Waals surface area contributed by atoms with E-state index in [0.717, 1.165) is 64.2 Å². The van der Waals surface area contributed by atoms with Crippen molar-refractivity contribution in [3.8, 4) is 0 Å². The fourth-order valence-corrected chi connectivity index (χ4v) is 9.64. The van der Waals surface area contributed by atoms with Crippen LogP contribution in [0.25, 0.3) is 0 Å². The van der Waals surface area contributed by atoms with Crippen LogP contribution in [0.4, 0.5) is 0 Å². The molecule has 0 spiro atoms. The molecule has 0 aromatic heterocycles. The molecule has 9 nitrogen and oxygen atoms in total. The minimum Gasteiger partial charge on any atom is -0.394 e. The van der Waals surface area contributed by atoms with Gasteiger partial charge in [-0.2, -0.15) is 0 Å². The molecule has 0 aromatic rings. The van der Waals surface area contributed by atoms with E-state index in [1.165, 1.54) is 193 Å². The van der Waals surface area contributed by atoms with E-state index in [9.17, 15) is 30.3 Å². The van der Waals surface area contributed by atoms with Gasteiger partial charge in [-0.05, 0) is 70.6 Å². The summed E-state index contributed by atoms with van der Waals surface area (Å²) in [4.78, 5) is 13.1. The Hall–Kier alpha value is -2.37. The van der Waals surface area contributed by atoms with E-state index >= 15 is 0 Å². The molecule has 74 heavy (non-hydrogen) atoms. The number of allylic oxidation sites excluding steroid dienone is 11. The first kappa shape index (κ1) is 69.6. The van der Waals surface area contributed by atoms with Gasteiger partial charge >= 0.3 is 0 Å². The van der Waals surface area contributed by atoms with Crippen LogP contribution in [0.3, 0.4) is 0 Å². The molecule has 0 aliphatic carbocycles. The predicted molar refractivity (Wildman–Crippen MR) is 313 cm³/mol. The zero-order valence-corrected chi connectivity index (χ0v) is 47.8. The Morgan fingerprint density at radius 1 is 0.473 bits per heavy atom. The van der Waals surface area contributed by atoms with Crippen LogP contribution in [0.5, 0.6) is 0 Å². The molecule has 430 valence electrons. The first-order chi connectivity index (χ1) is 36.3. The van der Waals surface area contributed by atoms with Crippen molar-refractivity contribution in [3.63, 3.8) is 0 Å². The van der Waals surface area contributed by atoms with Gasteiger partial charge in [-0.15, -0.1) is 0 Å². The maximum Gasteiger partial charge on any atom is 0.220 e. The number of rotatable bonds is 53. The minimum absolute atomic E-state index is 0.184. The lowest BCUT2D eigenvalue weighted by molar-refractivity contribution is -0.302. The van der Waals surface area contributed by atoms with Gasteiger partial charge in [-0.1, -0.05) is 273 Å². The molecule has 6 N–H and O–H groups in total. The van der Waals surface area contributed by atoms with E-state index in [4.69, 9.17) is 9.47 Å². The van der Waals surface area contributed by atoms with Crippen molar-refractivity contribution in [2.45, 2.75) is 320 Å². The highest BCUT2D eigenvalue weighted by molar-refractivity contribution is 5.76. The Bertz CT molecular complexity index is 1390. The highest BCUT2D eigenvalue weighted by Gasteiger charge is 2.44. The number of carbonyl (C=O) groups excluding carboxylic acids is 1. The highest BCUT2D eigenvalue weighted by Crippen LogP contribution is 2.23. The van der Waals surface area contributed by atoms with Crippen molar-refractivity contribution in [2.75, 3.05) is 13.2 Å². The molecular weight excluding hydrogens is 923 g/mol. The quantitative estimate of drug-likeness (QED) is 0.0261. The number of nitrogens with one attached hydrogen (secondary N) is 1. The number of hydrogen-bond donors (Lipinski definition) is 6. The summed E-state index contributed by atoms with van der Waals surface area (Å²) < 4.78 is 11.2. The third-order valence-corrected chi connectivity index (χ3v) is 14.5. The van der Waals surface area contributed by atoms with Crippen molar-refractivity contribution in [3.05, 3.63) is 72.9 Å². The molecule has 1 saturated heterocycles. The lowest BCUT2D eigenvalue weighted by Crippen LogP contribution is -2.60. The van der Waals surface area contributed by atoms with Gasteiger partial charge in [0.05, 0.1) is 25.4 Å². The summed E-state index contributed by atoms with van der Waals surface area (Å²) in [5, 5.41) is 54.4. The van der Waals surface area contributed by atoms with Crippen LogP contribution in [0.15, 0.2) is 72.9 Å². The van der Waals surface area contributed by atoms with Gasteiger partial charge in [-0.3, -0.25) is 4.79 Å². The van der Waals surface area contributed by atoms with Crippen LogP contribution in [0.1, 0.15) is 277 Å². The van der Waals surface area contributed by atoms with E-state index in [0.29, 0.717) is 6.42 Å². The van der Waals surface area contributed by atoms with Gasteiger partial charge < -0.3 is 40.3 Å². The SMILES string of the molecule is CC/C=C\C/C=C\C/C=C\C/C=C\CCCCCCCCCCCCCCCCCCCCCCCCCCC(=O)NC(COC1OC(CO)C(O)C(O)C1O)C(O)/C=C/CC/C=C/CCCCCCCCCC. The maximum atomic E-state index is 13.1. The molecule has 1 aliphatic rings. The van der Waals surface area contributed by atoms with Crippen molar-refractivity contribution < 1.29 is 39.8 Å². The third kappa shape index (κ3) is 42.7. The van der Waals surface area contributed by atoms with Gasteiger partial charge in [0, 0.05) is 6.42 Å². The van der Waals surface area contributed by atoms with Crippen LogP contribution < -0.4 is 5.32 Å². The molecule has 7 atom stereocenters. The Labute approximate surface area is 455 Å². The standard InChI is InChI=1S/C65H117NO8/c1-3-5-7-9-11-13-15-17-19-20-21-22-23-24-25-26-27-28-29-30-31-32-33-34-35-36-37-38-39-40-41-43-45-47-49-51-53-55-61(69)66-58(57-73-65-64(72)63(71)62(70)60(56-67)74-65)59(68)54-52-50-48-46-44-42-18-16-14-12-10-8-6-4-2/h5,7,11,13,17,19,21-22,44,46,52,54,58-60,62-65,67-68,70-72H,3-4,6,8-10,12,14-16,18,20,23-43,45,47-51,53,55-57H2,1-2H3,(H,66,69)/b7-5-,13-11-,19-17-,22-21-,46-44+,54-52+. The summed E-state index contributed by atoms with van der Waals surface area (Å²) in [6.45, 7) is 3.65. The van der Waals surface area contributed by atoms with E-state index in [-0.39, 0.29) is 12.5 Å². The van der Waals surface area contributed by atoms with E-state index < -0.39 is 49.5 Å². The summed E-state index contributed by atoms with van der Waals surface area (Å²) in [5.74, 6) is -0.184. The van der Waals surface area contributed by atoms with E-state index in [2.05, 4.69) is 79.9 Å². The second-order valence-electron chi connectivity index (χ2n) is 21.5. The Kier molecular flexibility index (Phi) is 50.8. The smallest absolute Gasteiger partial charge is 0.220 e. The fraction of sp³-hybridized carbons (Fsp3) is 0.800. The summed E-state index contributed by atoms with van der Waals surface area (Å²) >= 11 is 0. The fourth-order valence-electron chi connectivity index (χ4n) is 9.64. The average molecular weight is 1040 g/mol. The minimum atomic E-state index is -1.57. The Morgan fingerprint density at radius 2 is 0.851 bits per heavy atom. The van der Waals surface area contributed by atoms with E-state index in [1.807, 2.05) is 6.08 Å². The second-order valence-corrected chi connectivity index (χ2v) is 21.5. The van der Waals surface area contributed by atoms with Crippen LogP contribution in [-0.4, -0.2) is 87.5 Å². The van der Waals surface area contributed by atoms with Gasteiger partial charge in [-0.25, -0.2) is 0 Å². The summed E-state index contributed by atoms with van der Waals surface area (Å²) in [6.07, 6.45) is 68.6. The number of aliphatic hydroxyl groups excluding tert-OH is 5. The van der Waals surface area contributed by atoms with Crippen molar-refractivity contribution in [1.29, 1.82) is 0 Å². The number of amides is 1. The summed E-state index contributed by atoms with van der Waals surface area (Å²) in [5.41, 5.74) is 0. The van der Waals surface area contributed by atoms with Gasteiger partial charge in [0.1, 0.15) is 24.4 Å². The van der Waals surface area contributed by atoms with Gasteiger partial charge in [0.25, 0.3) is 0 Å². The zero-order chi connectivity index (χ0) is 53.6. The highest BCUT2D eigenvalue weighted by atomic mass is 16.7. The molecule has 0 saturated carbocycles. The number of carbonyl (C=O) groups is 1. The predicted octanol–water partition coefficient (Wildman–Crippen LogP) is 16.0. The molecule has 7 unspecified atom stereocenters. The topological polar surface area (TPSA) is 149 Å². The Balaban J connectivity index is 2.07. The molecule has 1 rings (SSSR count). The molecule has 1 amide bonds. The van der Waals surface area contributed by atoms with Gasteiger partial charge in [0.15, 0.2) is 6.29 Å². The van der Waals surface area contributed by atoms with Crippen LogP contribution >= 0.6 is 0 Å². The second kappa shape index (κ2) is 54.0. The third-order valence-electron chi connectivity index (χ3n) is 14.5. The van der Waals surface area contributed by atoms with Crippen molar-refractivity contribution in [1.82, 2.24) is 5.32 Å². The lowest BCUT2D eigenvalue weighted by atomic mass is 9.99. The monoisotopic (exact) mass is 1040 g/mol. The molecule has 9 heteroatoms. The molecular formula is C65H117NO8. The maximum absolute atomic E-state index is 13.1. The Morgan fingerprint density at radius 3 is 1.30 bits per heavy atom. The summed E-state index contributed by atoms with van der Waals surface area (Å²) in [6, 6.07) is -0.821. The number of aliphatic hydroxyl groups is 5. The molecule has 1 fully saturated rings. The van der Waals surface area contributed by atoms with E-state index in [1.54, 1.807) is 6.08 Å². The molecule has 1 heterocycles. The zero-order valence-electron chi connectivity index (χ0n) is 47.8. The van der Waals surface area contributed by atoms with Crippen LogP contribution in [0.2, 0.25) is 0 Å². The molecule has 0 bridgehead atoms. The van der Waals surface area contributed by atoms with Crippen molar-refractivity contribution in [2.24, 2.45) is 0 Å². The largest absolute Gasteiger partial charge is 0.394 e. The number of unbranched alkanes of at least 4 members (excludes halogenated alkanes) is 33. The molecule has 1 aliphatic heterocycles. The summed E-state index contributed by atoms with van der Waals surface area (Å²) in [7, 11) is 0. The molecule has 0 aromatic carbocycles. The molecule has 0 radical (unpaired) electrons. The first-order valence-electron chi connectivity index (χ1n) is 31.2. The normalized spacial score (nSPS) is 19.5. The van der Waals surface area contributed by atoms with Crippen molar-refractivity contribution >= 4 is 5.91 Å². The van der Waals surface area contributed by atoms with Crippen LogP contribution in [0, 0.1) is 0 Å². The average Bonchev–Trinajstić information content (AvgIpc) is 3.40. The van der Waals surface area contributed by atoms with Crippen LogP contribution in [-0.2, 0) is 14.3 Å².